The van der Waals surface area contributed by atoms with Crippen molar-refractivity contribution in [3.05, 3.63) is 53.6 Å². The molecule has 9 heteroatoms. The second-order valence-electron chi connectivity index (χ2n) is 13.6. The molecule has 1 aromatic carbocycles. The van der Waals surface area contributed by atoms with Crippen LogP contribution in [0.5, 0.6) is 0 Å². The van der Waals surface area contributed by atoms with E-state index in [0.717, 1.165) is 57.4 Å². The van der Waals surface area contributed by atoms with E-state index in [9.17, 15) is 22.6 Å². The Balaban J connectivity index is 0.0000250. The number of hydrogen-bond donors (Lipinski definition) is 0. The molecular formula is C42H69KO7S. The van der Waals surface area contributed by atoms with Crippen molar-refractivity contribution in [2.45, 2.75) is 186 Å². The molecule has 0 fully saturated rings. The average Bonchev–Trinajstić information content (AvgIpc) is 3.10. The van der Waals surface area contributed by atoms with Gasteiger partial charge in [-0.25, -0.2) is 18.0 Å². The summed E-state index contributed by atoms with van der Waals surface area (Å²) in [5, 5.41) is 0. The predicted molar refractivity (Wildman–Crippen MR) is 205 cm³/mol. The maximum absolute atomic E-state index is 13.0. The summed E-state index contributed by atoms with van der Waals surface area (Å²) in [5.74, 6) is -1.84. The number of esters is 2. The van der Waals surface area contributed by atoms with Gasteiger partial charge in [-0.1, -0.05) is 134 Å². The summed E-state index contributed by atoms with van der Waals surface area (Å²) in [6, 6.07) is 3.59. The van der Waals surface area contributed by atoms with E-state index in [-0.39, 0.29) is 70.2 Å². The molecule has 51 heavy (non-hydrogen) atoms. The number of hydrogen-bond acceptors (Lipinski definition) is 7. The molecule has 0 radical (unpaired) electrons. The van der Waals surface area contributed by atoms with Crippen molar-refractivity contribution in [2.75, 3.05) is 13.2 Å². The second kappa shape index (κ2) is 34.9. The third-order valence-corrected chi connectivity index (χ3v) is 9.88. The first-order chi connectivity index (χ1) is 24.3. The van der Waals surface area contributed by atoms with E-state index in [1.54, 1.807) is 0 Å². The number of ether oxygens (including phenoxy) is 2. The fraction of sp³-hybridized carbons (Fsp3) is 0.714. The molecule has 1 aromatic rings. The molecule has 0 amide bonds. The van der Waals surface area contributed by atoms with E-state index in [1.165, 1.54) is 115 Å². The molecule has 0 aliphatic rings. The van der Waals surface area contributed by atoms with Crippen molar-refractivity contribution in [2.24, 2.45) is 0 Å². The Morgan fingerprint density at radius 3 is 1.29 bits per heavy atom. The van der Waals surface area contributed by atoms with Crippen molar-refractivity contribution < 1.29 is 83.4 Å². The van der Waals surface area contributed by atoms with Gasteiger partial charge in [0.2, 0.25) is 0 Å². The van der Waals surface area contributed by atoms with E-state index in [4.69, 9.17) is 9.47 Å². The predicted octanol–water partition coefficient (Wildman–Crippen LogP) is 9.20. The SMILES string of the molecule is CCCCCCCCCC/C=C/CCCCCOC(=O)c1cccc(S(=O)(=O)[O-])c1C(=O)OCCCCC/C=C/CCCCCCCCCC.[K+]. The minimum atomic E-state index is -5.02. The standard InChI is InChI=1S/C42H70O7S.K/c1-3-5-7-9-11-13-15-17-19-21-23-25-27-29-31-36-48-41(43)38-34-33-35-39(50(45,46)47)40(38)42(44)49-37-32-30-28-26-24-22-20-18-16-14-12-10-8-6-4-2;/h21-24,33-35H,3-20,25-32,36-37H2,1-2H3,(H,45,46,47);/q;+1/p-1/b23-21+,24-22+;. The quantitative estimate of drug-likeness (QED) is 0.0231. The molecular weight excluding hydrogens is 688 g/mol. The van der Waals surface area contributed by atoms with Crippen LogP contribution >= 0.6 is 0 Å². The fourth-order valence-corrected chi connectivity index (χ4v) is 6.63. The van der Waals surface area contributed by atoms with Crippen LogP contribution in [0.2, 0.25) is 0 Å². The first kappa shape index (κ1) is 50.2. The Kier molecular flexibility index (Phi) is 34.4. The molecule has 0 aliphatic heterocycles. The number of allylic oxidation sites excluding steroid dienone is 4. The minimum absolute atomic E-state index is 0. The molecule has 0 heterocycles. The largest absolute Gasteiger partial charge is 1.00 e. The van der Waals surface area contributed by atoms with Crippen LogP contribution in [0.1, 0.15) is 202 Å². The zero-order valence-corrected chi connectivity index (χ0v) is 36.5. The van der Waals surface area contributed by atoms with Gasteiger partial charge < -0.3 is 14.0 Å². The van der Waals surface area contributed by atoms with E-state index < -0.39 is 32.5 Å². The molecule has 286 valence electrons. The monoisotopic (exact) mass is 756 g/mol. The third kappa shape index (κ3) is 27.4. The van der Waals surface area contributed by atoms with Crippen molar-refractivity contribution >= 4 is 22.1 Å². The van der Waals surface area contributed by atoms with Gasteiger partial charge in [0.05, 0.1) is 29.2 Å². The van der Waals surface area contributed by atoms with Crippen LogP contribution in [0.4, 0.5) is 0 Å². The van der Waals surface area contributed by atoms with Crippen LogP contribution in [0.15, 0.2) is 47.4 Å². The van der Waals surface area contributed by atoms with Crippen LogP contribution in [0.25, 0.3) is 0 Å². The molecule has 7 nitrogen and oxygen atoms in total. The summed E-state index contributed by atoms with van der Waals surface area (Å²) in [6.45, 7) is 4.69. The maximum Gasteiger partial charge on any atom is 1.00 e. The second-order valence-corrected chi connectivity index (χ2v) is 14.9. The molecule has 0 saturated heterocycles. The number of unbranched alkanes of at least 4 members (excludes halogenated alkanes) is 22. The smallest absolute Gasteiger partial charge is 0.744 e. The van der Waals surface area contributed by atoms with E-state index >= 15 is 0 Å². The molecule has 1 rings (SSSR count). The summed E-state index contributed by atoms with van der Waals surface area (Å²) >= 11 is 0. The van der Waals surface area contributed by atoms with E-state index in [0.29, 0.717) is 12.8 Å². The van der Waals surface area contributed by atoms with Crippen LogP contribution < -0.4 is 51.4 Å². The van der Waals surface area contributed by atoms with E-state index in [1.807, 2.05) is 0 Å². The van der Waals surface area contributed by atoms with Crippen molar-refractivity contribution in [3.8, 4) is 0 Å². The van der Waals surface area contributed by atoms with Gasteiger partial charge >= 0.3 is 63.3 Å². The Labute approximate surface area is 354 Å². The van der Waals surface area contributed by atoms with Crippen molar-refractivity contribution in [3.63, 3.8) is 0 Å². The van der Waals surface area contributed by atoms with Gasteiger partial charge in [0.15, 0.2) is 0 Å². The third-order valence-electron chi connectivity index (χ3n) is 9.00. The summed E-state index contributed by atoms with van der Waals surface area (Å²) in [7, 11) is -5.02. The van der Waals surface area contributed by atoms with Gasteiger partial charge in [0.25, 0.3) is 0 Å². The fourth-order valence-electron chi connectivity index (χ4n) is 5.95. The Bertz CT molecular complexity index is 1180. The zero-order valence-electron chi connectivity index (χ0n) is 32.6. The summed E-state index contributed by atoms with van der Waals surface area (Å²) in [6.07, 6.45) is 39.0. The first-order valence-corrected chi connectivity index (χ1v) is 21.5. The van der Waals surface area contributed by atoms with Crippen LogP contribution in [-0.4, -0.2) is 38.1 Å². The molecule has 0 spiro atoms. The summed E-state index contributed by atoms with van der Waals surface area (Å²) in [4.78, 5) is 25.1. The van der Waals surface area contributed by atoms with Crippen LogP contribution in [0.3, 0.4) is 0 Å². The molecule has 0 N–H and O–H groups in total. The first-order valence-electron chi connectivity index (χ1n) is 20.1. The average molecular weight is 757 g/mol. The minimum Gasteiger partial charge on any atom is -0.744 e. The number of rotatable bonds is 33. The van der Waals surface area contributed by atoms with Gasteiger partial charge in [-0.15, -0.1) is 0 Å². The topological polar surface area (TPSA) is 110 Å². The Morgan fingerprint density at radius 1 is 0.549 bits per heavy atom. The summed E-state index contributed by atoms with van der Waals surface area (Å²) in [5.41, 5.74) is -0.810. The van der Waals surface area contributed by atoms with Gasteiger partial charge in [-0.05, 0) is 89.2 Å². The molecule has 0 aliphatic carbocycles. The van der Waals surface area contributed by atoms with Gasteiger partial charge in [0.1, 0.15) is 10.1 Å². The Morgan fingerprint density at radius 2 is 0.902 bits per heavy atom. The number of benzene rings is 1. The van der Waals surface area contributed by atoms with Crippen LogP contribution in [0, 0.1) is 0 Å². The van der Waals surface area contributed by atoms with Gasteiger partial charge in [-0.2, -0.15) is 0 Å². The van der Waals surface area contributed by atoms with E-state index in [2.05, 4.69) is 38.2 Å². The van der Waals surface area contributed by atoms with Gasteiger partial charge in [0, 0.05) is 0 Å². The van der Waals surface area contributed by atoms with Gasteiger partial charge in [-0.3, -0.25) is 0 Å². The zero-order chi connectivity index (χ0) is 36.5. The normalized spacial score (nSPS) is 11.7. The maximum atomic E-state index is 13.0. The molecule has 0 atom stereocenters. The van der Waals surface area contributed by atoms with Crippen molar-refractivity contribution in [1.29, 1.82) is 0 Å². The molecule has 0 unspecified atom stereocenters. The number of carbonyl (C=O) groups is 2. The Hall–Kier alpha value is -0.814. The summed E-state index contributed by atoms with van der Waals surface area (Å²) < 4.78 is 46.5. The molecule has 0 saturated carbocycles. The van der Waals surface area contributed by atoms with Crippen LogP contribution in [-0.2, 0) is 19.6 Å². The van der Waals surface area contributed by atoms with Crippen molar-refractivity contribution in [1.82, 2.24) is 0 Å². The molecule has 0 aromatic heterocycles. The molecule has 0 bridgehead atoms. The number of carbonyl (C=O) groups excluding carboxylic acids is 2.